The van der Waals surface area contributed by atoms with Crippen LogP contribution in [0, 0.1) is 5.92 Å². The minimum atomic E-state index is -0.889. The van der Waals surface area contributed by atoms with Gasteiger partial charge in [-0.3, -0.25) is 4.79 Å². The molecule has 0 aromatic carbocycles. The first-order valence-electron chi connectivity index (χ1n) is 6.44. The predicted molar refractivity (Wildman–Crippen MR) is 67.7 cm³/mol. The van der Waals surface area contributed by atoms with Gasteiger partial charge in [-0.2, -0.15) is 0 Å². The van der Waals surface area contributed by atoms with Gasteiger partial charge in [0, 0.05) is 6.54 Å². The molecule has 1 saturated carbocycles. The minimum absolute atomic E-state index is 0.147. The Balaban J connectivity index is 1.63. The Hall–Kier alpha value is -2.15. The predicted octanol–water partition coefficient (Wildman–Crippen LogP) is 1.22. The maximum absolute atomic E-state index is 11.9. The molecule has 20 heavy (non-hydrogen) atoms. The summed E-state index contributed by atoms with van der Waals surface area (Å²) < 4.78 is 10.3. The van der Waals surface area contributed by atoms with Gasteiger partial charge < -0.3 is 19.3 Å². The van der Waals surface area contributed by atoms with Crippen molar-refractivity contribution in [1.29, 1.82) is 0 Å². The molecule has 1 unspecified atom stereocenters. The fourth-order valence-electron chi connectivity index (χ4n) is 2.00. The normalized spacial score (nSPS) is 17.7. The van der Waals surface area contributed by atoms with Crippen LogP contribution >= 0.6 is 0 Å². The second-order valence-corrected chi connectivity index (χ2v) is 5.20. The number of nitrogens with one attached hydrogen (secondary N) is 1. The van der Waals surface area contributed by atoms with Crippen LogP contribution in [-0.4, -0.2) is 33.4 Å². The summed E-state index contributed by atoms with van der Waals surface area (Å²) >= 11 is 0. The molecule has 0 spiro atoms. The minimum Gasteiger partial charge on any atom is -0.459 e. The summed E-state index contributed by atoms with van der Waals surface area (Å²) in [5.74, 6) is 0.152. The summed E-state index contributed by atoms with van der Waals surface area (Å²) in [4.78, 5) is 11.9. The van der Waals surface area contributed by atoms with E-state index in [0.29, 0.717) is 5.76 Å². The number of carbonyl (C=O) groups is 1. The molecule has 7 nitrogen and oxygen atoms in total. The van der Waals surface area contributed by atoms with Crippen molar-refractivity contribution in [3.8, 4) is 11.7 Å². The van der Waals surface area contributed by atoms with Gasteiger partial charge in [-0.25, -0.2) is 0 Å². The first kappa shape index (κ1) is 12.9. The summed E-state index contributed by atoms with van der Waals surface area (Å²) in [5, 5.41) is 20.1. The zero-order valence-electron chi connectivity index (χ0n) is 11.0. The van der Waals surface area contributed by atoms with Gasteiger partial charge in [-0.1, -0.05) is 0 Å². The average molecular weight is 277 g/mol. The Bertz CT molecular complexity index is 599. The number of rotatable bonds is 5. The summed E-state index contributed by atoms with van der Waals surface area (Å²) in [5.41, 5.74) is -0.889. The smallest absolute Gasteiger partial charge is 0.308 e. The van der Waals surface area contributed by atoms with E-state index in [4.69, 9.17) is 8.83 Å². The molecule has 1 aliphatic rings. The number of carbonyl (C=O) groups excluding carboxylic acids is 1. The lowest BCUT2D eigenvalue weighted by atomic mass is 10.0. The van der Waals surface area contributed by atoms with Crippen molar-refractivity contribution in [2.75, 3.05) is 6.54 Å². The lowest BCUT2D eigenvalue weighted by Crippen LogP contribution is -2.42. The van der Waals surface area contributed by atoms with Crippen LogP contribution in [0.3, 0.4) is 0 Å². The summed E-state index contributed by atoms with van der Waals surface area (Å²) in [6, 6.07) is 3.35. The molecule has 1 atom stereocenters. The second-order valence-electron chi connectivity index (χ2n) is 5.20. The summed E-state index contributed by atoms with van der Waals surface area (Å²) in [6.45, 7) is 1.88. The van der Waals surface area contributed by atoms with Crippen molar-refractivity contribution >= 4 is 5.91 Å². The van der Waals surface area contributed by atoms with Gasteiger partial charge in [0.1, 0.15) is 0 Å². The van der Waals surface area contributed by atoms with E-state index >= 15 is 0 Å². The molecular formula is C13H15N3O4. The van der Waals surface area contributed by atoms with Crippen molar-refractivity contribution in [2.24, 2.45) is 5.92 Å². The number of aromatic nitrogens is 2. The van der Waals surface area contributed by atoms with Gasteiger partial charge in [0.2, 0.25) is 0 Å². The van der Waals surface area contributed by atoms with Gasteiger partial charge in [0.25, 0.3) is 5.89 Å². The number of hydrogen-bond donors (Lipinski definition) is 2. The molecule has 1 amide bonds. The largest absolute Gasteiger partial charge is 0.459 e. The van der Waals surface area contributed by atoms with E-state index in [-0.39, 0.29) is 24.2 Å². The number of hydrogen-bond acceptors (Lipinski definition) is 6. The number of furan rings is 1. The van der Waals surface area contributed by atoms with Crippen LogP contribution in [-0.2, 0) is 0 Å². The molecule has 2 heterocycles. The summed E-state index contributed by atoms with van der Waals surface area (Å²) in [6.07, 6.45) is 3.46. The first-order valence-corrected chi connectivity index (χ1v) is 6.44. The zero-order valence-corrected chi connectivity index (χ0v) is 11.0. The van der Waals surface area contributed by atoms with E-state index in [0.717, 1.165) is 12.8 Å². The molecule has 3 rings (SSSR count). The Morgan fingerprint density at radius 3 is 3.00 bits per heavy atom. The molecule has 2 N–H and O–H groups in total. The van der Waals surface area contributed by atoms with E-state index in [9.17, 15) is 9.90 Å². The van der Waals surface area contributed by atoms with Crippen LogP contribution in [0.2, 0.25) is 0 Å². The van der Waals surface area contributed by atoms with Gasteiger partial charge in [0.15, 0.2) is 5.76 Å². The highest BCUT2D eigenvalue weighted by Gasteiger charge is 2.40. The SMILES string of the molecule is CC(O)(CNC(=O)c1nnc(-c2ccco2)o1)C1CC1. The van der Waals surface area contributed by atoms with Gasteiger partial charge in [0.05, 0.1) is 11.9 Å². The Morgan fingerprint density at radius 2 is 2.35 bits per heavy atom. The Kier molecular flexibility index (Phi) is 3.06. The topological polar surface area (TPSA) is 101 Å². The molecular weight excluding hydrogens is 262 g/mol. The molecule has 0 radical (unpaired) electrons. The molecule has 1 fully saturated rings. The van der Waals surface area contributed by atoms with Crippen LogP contribution in [0.4, 0.5) is 0 Å². The molecule has 7 heteroatoms. The fourth-order valence-corrected chi connectivity index (χ4v) is 2.00. The number of amides is 1. The average Bonchev–Trinajstić information content (AvgIpc) is 2.96. The molecule has 1 aliphatic carbocycles. The quantitative estimate of drug-likeness (QED) is 0.852. The standard InChI is InChI=1S/C13H15N3O4/c1-13(18,8-4-5-8)7-14-10(17)12-16-15-11(20-12)9-3-2-6-19-9/h2-3,6,8,18H,4-5,7H2,1H3,(H,14,17). The monoisotopic (exact) mass is 277 g/mol. The van der Waals surface area contributed by atoms with Crippen LogP contribution in [0.15, 0.2) is 27.2 Å². The van der Waals surface area contributed by atoms with E-state index in [1.54, 1.807) is 19.1 Å². The van der Waals surface area contributed by atoms with Crippen molar-refractivity contribution in [2.45, 2.75) is 25.4 Å². The van der Waals surface area contributed by atoms with Gasteiger partial charge in [-0.15, -0.1) is 10.2 Å². The third kappa shape index (κ3) is 2.57. The molecule has 106 valence electrons. The number of nitrogens with zero attached hydrogens (tertiary/aromatic N) is 2. The zero-order chi connectivity index (χ0) is 14.2. The molecule has 0 bridgehead atoms. The highest BCUT2D eigenvalue weighted by Crippen LogP contribution is 2.39. The maximum Gasteiger partial charge on any atom is 0.308 e. The van der Waals surface area contributed by atoms with Crippen molar-refractivity contribution in [3.05, 3.63) is 24.3 Å². The van der Waals surface area contributed by atoms with Gasteiger partial charge in [-0.05, 0) is 37.8 Å². The molecule has 2 aromatic heterocycles. The third-order valence-corrected chi connectivity index (χ3v) is 3.41. The van der Waals surface area contributed by atoms with E-state index < -0.39 is 11.5 Å². The number of aliphatic hydroxyl groups is 1. The fraction of sp³-hybridized carbons (Fsp3) is 0.462. The second kappa shape index (κ2) is 4.75. The molecule has 0 saturated heterocycles. The highest BCUT2D eigenvalue weighted by atomic mass is 16.4. The van der Waals surface area contributed by atoms with Crippen LogP contribution in [0.5, 0.6) is 0 Å². The van der Waals surface area contributed by atoms with Crippen molar-refractivity contribution < 1.29 is 18.7 Å². The lowest BCUT2D eigenvalue weighted by Gasteiger charge is -2.22. The Morgan fingerprint density at radius 1 is 1.55 bits per heavy atom. The first-order chi connectivity index (χ1) is 9.56. The van der Waals surface area contributed by atoms with Crippen molar-refractivity contribution in [3.63, 3.8) is 0 Å². The van der Waals surface area contributed by atoms with Gasteiger partial charge >= 0.3 is 11.8 Å². The van der Waals surface area contributed by atoms with Crippen LogP contribution in [0.1, 0.15) is 30.5 Å². The lowest BCUT2D eigenvalue weighted by molar-refractivity contribution is 0.0348. The van der Waals surface area contributed by atoms with Crippen molar-refractivity contribution in [1.82, 2.24) is 15.5 Å². The maximum atomic E-state index is 11.9. The summed E-state index contributed by atoms with van der Waals surface area (Å²) in [7, 11) is 0. The molecule has 0 aliphatic heterocycles. The third-order valence-electron chi connectivity index (χ3n) is 3.41. The van der Waals surface area contributed by atoms with E-state index in [2.05, 4.69) is 15.5 Å². The highest BCUT2D eigenvalue weighted by molar-refractivity contribution is 5.89. The van der Waals surface area contributed by atoms with E-state index in [1.807, 2.05) is 0 Å². The Labute approximate surface area is 115 Å². The van der Waals surface area contributed by atoms with Crippen LogP contribution < -0.4 is 5.32 Å². The van der Waals surface area contributed by atoms with E-state index in [1.165, 1.54) is 6.26 Å². The van der Waals surface area contributed by atoms with Crippen LogP contribution in [0.25, 0.3) is 11.7 Å². The molecule has 2 aromatic rings.